The van der Waals surface area contributed by atoms with E-state index in [9.17, 15) is 19.5 Å². The molecule has 0 saturated carbocycles. The second-order valence-electron chi connectivity index (χ2n) is 8.54. The minimum absolute atomic E-state index is 0.0783. The van der Waals surface area contributed by atoms with Crippen LogP contribution in [0.15, 0.2) is 48.5 Å². The lowest BCUT2D eigenvalue weighted by Gasteiger charge is -2.24. The molecule has 0 bridgehead atoms. The first-order valence-electron chi connectivity index (χ1n) is 10.1. The molecule has 1 N–H and O–H groups in total. The van der Waals surface area contributed by atoms with Gasteiger partial charge in [0.1, 0.15) is 17.5 Å². The summed E-state index contributed by atoms with van der Waals surface area (Å²) in [5.41, 5.74) is -0.142. The maximum Gasteiger partial charge on any atom is 0.513 e. The SMILES string of the molecule is CC(C)OC(=O)[C@H](C)NP(=O)(Oc1ccc([N+](=O)[O-])cc1)Oc1ccc([Si](C)(C)C)cc1. The minimum atomic E-state index is -4.12. The van der Waals surface area contributed by atoms with Crippen LogP contribution in [0.3, 0.4) is 0 Å². The van der Waals surface area contributed by atoms with E-state index in [1.807, 2.05) is 12.1 Å². The standard InChI is InChI=1S/C21H29N2O7PSi/c1-15(2)28-21(24)16(3)22-31(27,29-18-9-7-17(8-10-18)23(25)26)30-19-11-13-20(14-12-19)32(4,5)6/h7-16H,1-6H3,(H,22,27)/t16-,31?/m0/s1. The summed E-state index contributed by atoms with van der Waals surface area (Å²) in [7, 11) is -5.66. The monoisotopic (exact) mass is 480 g/mol. The van der Waals surface area contributed by atoms with Gasteiger partial charge < -0.3 is 13.8 Å². The van der Waals surface area contributed by atoms with Crippen LogP contribution in [-0.4, -0.2) is 31.1 Å². The van der Waals surface area contributed by atoms with Crippen molar-refractivity contribution in [3.05, 3.63) is 58.6 Å². The van der Waals surface area contributed by atoms with Crippen molar-refractivity contribution in [3.63, 3.8) is 0 Å². The molecule has 0 amide bonds. The maximum atomic E-state index is 13.6. The molecule has 0 radical (unpaired) electrons. The van der Waals surface area contributed by atoms with Crippen LogP contribution in [0.4, 0.5) is 5.69 Å². The topological polar surface area (TPSA) is 117 Å². The third kappa shape index (κ3) is 7.47. The highest BCUT2D eigenvalue weighted by Gasteiger charge is 2.34. The van der Waals surface area contributed by atoms with Crippen LogP contribution in [0, 0.1) is 10.1 Å². The fraction of sp³-hybridized carbons (Fsp3) is 0.381. The van der Waals surface area contributed by atoms with E-state index in [1.54, 1.807) is 26.0 Å². The molecule has 0 aliphatic rings. The van der Waals surface area contributed by atoms with E-state index >= 15 is 0 Å². The Hall–Kier alpha value is -2.68. The summed E-state index contributed by atoms with van der Waals surface area (Å²) in [6.07, 6.45) is -0.350. The van der Waals surface area contributed by atoms with Gasteiger partial charge in [0, 0.05) is 12.1 Å². The quantitative estimate of drug-likeness (QED) is 0.172. The van der Waals surface area contributed by atoms with E-state index in [0.717, 1.165) is 0 Å². The van der Waals surface area contributed by atoms with Crippen LogP contribution in [-0.2, 0) is 14.1 Å². The van der Waals surface area contributed by atoms with E-state index < -0.39 is 32.8 Å². The molecule has 0 aliphatic heterocycles. The fourth-order valence-electron chi connectivity index (χ4n) is 2.62. The van der Waals surface area contributed by atoms with E-state index in [-0.39, 0.29) is 23.3 Å². The third-order valence-electron chi connectivity index (χ3n) is 4.28. The molecule has 1 unspecified atom stereocenters. The number of esters is 1. The van der Waals surface area contributed by atoms with Crippen molar-refractivity contribution in [2.45, 2.75) is 52.6 Å². The van der Waals surface area contributed by atoms with Gasteiger partial charge in [-0.1, -0.05) is 37.0 Å². The normalized spacial score (nSPS) is 14.3. The second kappa shape index (κ2) is 10.3. The number of carbonyl (C=O) groups excluding carboxylic acids is 1. The molecular formula is C21H29N2O7PSi. The molecular weight excluding hydrogens is 451 g/mol. The Morgan fingerprint density at radius 1 is 0.969 bits per heavy atom. The number of nitrogens with zero attached hydrogens (tertiary/aromatic N) is 1. The Labute approximate surface area is 188 Å². The Balaban J connectivity index is 2.29. The largest absolute Gasteiger partial charge is 0.513 e. The van der Waals surface area contributed by atoms with Gasteiger partial charge in [-0.2, -0.15) is 5.09 Å². The lowest BCUT2D eigenvalue weighted by Crippen LogP contribution is -2.37. The van der Waals surface area contributed by atoms with Gasteiger partial charge in [0.05, 0.1) is 19.1 Å². The molecule has 11 heteroatoms. The van der Waals surface area contributed by atoms with Gasteiger partial charge in [-0.25, -0.2) is 4.57 Å². The molecule has 174 valence electrons. The van der Waals surface area contributed by atoms with Gasteiger partial charge in [0.15, 0.2) is 0 Å². The summed E-state index contributed by atoms with van der Waals surface area (Å²) in [6, 6.07) is 11.3. The highest BCUT2D eigenvalue weighted by molar-refractivity contribution is 7.52. The molecule has 0 spiro atoms. The number of nitrogens with one attached hydrogen (secondary N) is 1. The summed E-state index contributed by atoms with van der Waals surface area (Å²) >= 11 is 0. The zero-order chi connectivity index (χ0) is 24.1. The Morgan fingerprint density at radius 2 is 1.44 bits per heavy atom. The molecule has 9 nitrogen and oxygen atoms in total. The Kier molecular flexibility index (Phi) is 8.22. The van der Waals surface area contributed by atoms with E-state index in [1.165, 1.54) is 36.4 Å². The maximum absolute atomic E-state index is 13.6. The molecule has 2 atom stereocenters. The van der Waals surface area contributed by atoms with Gasteiger partial charge >= 0.3 is 13.7 Å². The van der Waals surface area contributed by atoms with E-state index in [0.29, 0.717) is 0 Å². The van der Waals surface area contributed by atoms with Gasteiger partial charge in [-0.3, -0.25) is 14.9 Å². The molecule has 0 aliphatic carbocycles. The van der Waals surface area contributed by atoms with Crippen molar-refractivity contribution in [3.8, 4) is 11.5 Å². The first kappa shape index (κ1) is 25.6. The Bertz CT molecular complexity index is 989. The molecule has 0 heterocycles. The predicted molar refractivity (Wildman–Crippen MR) is 125 cm³/mol. The molecule has 32 heavy (non-hydrogen) atoms. The number of ether oxygens (including phenoxy) is 1. The summed E-state index contributed by atoms with van der Waals surface area (Å²) < 4.78 is 30.0. The number of carbonyl (C=O) groups is 1. The minimum Gasteiger partial charge on any atom is -0.462 e. The van der Waals surface area contributed by atoms with E-state index in [4.69, 9.17) is 13.8 Å². The van der Waals surface area contributed by atoms with Crippen molar-refractivity contribution >= 4 is 32.7 Å². The van der Waals surface area contributed by atoms with Crippen molar-refractivity contribution in [2.24, 2.45) is 0 Å². The van der Waals surface area contributed by atoms with Gasteiger partial charge in [-0.15, -0.1) is 0 Å². The number of hydrogen-bond donors (Lipinski definition) is 1. The lowest BCUT2D eigenvalue weighted by atomic mass is 10.3. The number of nitro benzene ring substituents is 1. The number of nitro groups is 1. The zero-order valence-electron chi connectivity index (χ0n) is 19.0. The molecule has 2 rings (SSSR count). The van der Waals surface area contributed by atoms with Crippen LogP contribution in [0.5, 0.6) is 11.5 Å². The first-order valence-corrected chi connectivity index (χ1v) is 15.2. The van der Waals surface area contributed by atoms with E-state index in [2.05, 4.69) is 24.7 Å². The zero-order valence-corrected chi connectivity index (χ0v) is 20.9. The second-order valence-corrected chi connectivity index (χ2v) is 15.2. The smallest absolute Gasteiger partial charge is 0.462 e. The number of rotatable bonds is 10. The first-order chi connectivity index (χ1) is 14.8. The molecule has 2 aromatic rings. The number of hydrogen-bond acceptors (Lipinski definition) is 7. The molecule has 0 aromatic heterocycles. The van der Waals surface area contributed by atoms with Crippen LogP contribution in [0.25, 0.3) is 0 Å². The van der Waals surface area contributed by atoms with Gasteiger partial charge in [0.2, 0.25) is 0 Å². The van der Waals surface area contributed by atoms with Gasteiger partial charge in [-0.05, 0) is 45.0 Å². The Morgan fingerprint density at radius 3 is 1.84 bits per heavy atom. The van der Waals surface area contributed by atoms with Crippen LogP contribution in [0.2, 0.25) is 19.6 Å². The number of non-ortho nitro benzene ring substituents is 1. The summed E-state index contributed by atoms with van der Waals surface area (Å²) in [4.78, 5) is 22.5. The summed E-state index contributed by atoms with van der Waals surface area (Å²) in [5, 5.41) is 14.7. The third-order valence-corrected chi connectivity index (χ3v) is 7.95. The lowest BCUT2D eigenvalue weighted by molar-refractivity contribution is -0.384. The summed E-state index contributed by atoms with van der Waals surface area (Å²) in [6.45, 7) is 11.5. The van der Waals surface area contributed by atoms with Crippen LogP contribution >= 0.6 is 7.75 Å². The highest BCUT2D eigenvalue weighted by atomic mass is 31.2. The summed E-state index contributed by atoms with van der Waals surface area (Å²) in [5.74, 6) is -0.256. The number of benzene rings is 2. The molecule has 2 aromatic carbocycles. The average molecular weight is 481 g/mol. The highest BCUT2D eigenvalue weighted by Crippen LogP contribution is 2.45. The van der Waals surface area contributed by atoms with Crippen molar-refractivity contribution in [1.29, 1.82) is 0 Å². The fourth-order valence-corrected chi connectivity index (χ4v) is 5.31. The van der Waals surface area contributed by atoms with Crippen molar-refractivity contribution in [1.82, 2.24) is 5.09 Å². The van der Waals surface area contributed by atoms with Gasteiger partial charge in [0.25, 0.3) is 5.69 Å². The molecule has 0 saturated heterocycles. The van der Waals surface area contributed by atoms with Crippen LogP contribution in [0.1, 0.15) is 20.8 Å². The van der Waals surface area contributed by atoms with Crippen LogP contribution < -0.4 is 19.3 Å². The van der Waals surface area contributed by atoms with Crippen molar-refractivity contribution < 1.29 is 28.1 Å². The molecule has 0 fully saturated rings. The average Bonchev–Trinajstić information content (AvgIpc) is 2.67. The predicted octanol–water partition coefficient (Wildman–Crippen LogP) is 4.64. The van der Waals surface area contributed by atoms with Crippen molar-refractivity contribution in [2.75, 3.05) is 0 Å².